The molecule has 0 spiro atoms. The number of amides is 2. The molecule has 2 aromatic carbocycles. The maximum absolute atomic E-state index is 14.8. The third-order valence-electron chi connectivity index (χ3n) is 5.69. The second-order valence-electron chi connectivity index (χ2n) is 8.24. The second-order valence-corrected chi connectivity index (χ2v) is 10.2. The first-order valence-electron chi connectivity index (χ1n) is 10.7. The van der Waals surface area contributed by atoms with Crippen molar-refractivity contribution in [3.63, 3.8) is 0 Å². The summed E-state index contributed by atoms with van der Waals surface area (Å²) < 4.78 is 121. The van der Waals surface area contributed by atoms with Crippen LogP contribution in [0.25, 0.3) is 0 Å². The summed E-state index contributed by atoms with van der Waals surface area (Å²) in [5, 5.41) is -0.0765. The van der Waals surface area contributed by atoms with Crippen LogP contribution in [-0.4, -0.2) is 42.1 Å². The third kappa shape index (κ3) is 5.91. The number of aromatic nitrogens is 1. The normalized spacial score (nSPS) is 13.9. The minimum absolute atomic E-state index is 0.0509. The van der Waals surface area contributed by atoms with E-state index in [0.29, 0.717) is 9.99 Å². The zero-order valence-electron chi connectivity index (χ0n) is 20.0. The summed E-state index contributed by atoms with van der Waals surface area (Å²) in [6.45, 7) is 0. The lowest BCUT2D eigenvalue weighted by Gasteiger charge is -2.36. The lowest BCUT2D eigenvalue weighted by Crippen LogP contribution is -2.59. The predicted molar refractivity (Wildman–Crippen MR) is 138 cm³/mol. The molecule has 1 unspecified atom stereocenters. The monoisotopic (exact) mass is 739 g/mol. The van der Waals surface area contributed by atoms with Crippen LogP contribution >= 0.6 is 43.7 Å². The van der Waals surface area contributed by atoms with Gasteiger partial charge in [0.15, 0.2) is 0 Å². The van der Waals surface area contributed by atoms with Gasteiger partial charge in [-0.2, -0.15) is 35.1 Å². The number of hydrogen-bond donors (Lipinski definition) is 0. The maximum Gasteiger partial charge on any atom is 0.457 e. The van der Waals surface area contributed by atoms with E-state index in [1.807, 2.05) is 0 Å². The standard InChI is InChI=1S/C24H13Br2ClF9N3O2/c1-38(20(41)15-6-3-9-37-18(15)27)14-5-2-4-12(10-14)19(40)39(26)17-8-7-13(11-16(17)25)21(28,23(31,32)33)22(29,30)24(34,35)36/h2-11H,1H3. The highest BCUT2D eigenvalue weighted by molar-refractivity contribution is 9.11. The molecule has 0 bridgehead atoms. The Labute approximate surface area is 247 Å². The van der Waals surface area contributed by atoms with E-state index < -0.39 is 45.8 Å². The number of benzene rings is 2. The number of carbonyl (C=O) groups is 2. The van der Waals surface area contributed by atoms with Crippen molar-refractivity contribution in [2.24, 2.45) is 0 Å². The van der Waals surface area contributed by atoms with Gasteiger partial charge in [-0.25, -0.2) is 13.3 Å². The number of nitrogens with zero attached hydrogens (tertiary/aromatic N) is 3. The second kappa shape index (κ2) is 11.4. The lowest BCUT2D eigenvalue weighted by molar-refractivity contribution is -0.389. The van der Waals surface area contributed by atoms with Crippen molar-refractivity contribution in [3.05, 3.63) is 87.1 Å². The first-order valence-corrected chi connectivity index (χ1v) is 12.6. The number of hydrogen-bond acceptors (Lipinski definition) is 3. The molecule has 5 nitrogen and oxygen atoms in total. The van der Waals surface area contributed by atoms with Crippen molar-refractivity contribution in [3.8, 4) is 0 Å². The molecule has 0 radical (unpaired) electrons. The van der Waals surface area contributed by atoms with Crippen LogP contribution in [0.2, 0.25) is 5.15 Å². The van der Waals surface area contributed by atoms with Crippen LogP contribution in [0.5, 0.6) is 0 Å². The van der Waals surface area contributed by atoms with E-state index in [1.54, 1.807) is 0 Å². The van der Waals surface area contributed by atoms with Crippen molar-refractivity contribution in [2.75, 3.05) is 15.9 Å². The Morgan fingerprint density at radius 1 is 0.854 bits per heavy atom. The van der Waals surface area contributed by atoms with Crippen molar-refractivity contribution in [2.45, 2.75) is 23.9 Å². The molecular weight excluding hydrogens is 729 g/mol. The SMILES string of the molecule is CN(C(=O)c1cccnc1Cl)c1cccc(C(=O)N(Br)c2ccc(C(F)(C(F)(F)F)C(F)(F)C(F)(F)F)cc2Br)c1. The van der Waals surface area contributed by atoms with Crippen LogP contribution in [0.3, 0.4) is 0 Å². The number of pyridine rings is 1. The number of rotatable bonds is 6. The quantitative estimate of drug-likeness (QED) is 0.145. The minimum Gasteiger partial charge on any atom is -0.311 e. The predicted octanol–water partition coefficient (Wildman–Crippen LogP) is 8.66. The van der Waals surface area contributed by atoms with Gasteiger partial charge in [0.25, 0.3) is 11.8 Å². The molecular formula is C24H13Br2ClF9N3O2. The van der Waals surface area contributed by atoms with Gasteiger partial charge in [-0.15, -0.1) is 0 Å². The summed E-state index contributed by atoms with van der Waals surface area (Å²) in [5.74, 6) is -8.35. The van der Waals surface area contributed by atoms with E-state index in [0.717, 1.165) is 4.90 Å². The van der Waals surface area contributed by atoms with E-state index in [1.165, 1.54) is 49.6 Å². The Morgan fingerprint density at radius 2 is 1.49 bits per heavy atom. The molecule has 0 N–H and O–H groups in total. The number of alkyl halides is 9. The summed E-state index contributed by atoms with van der Waals surface area (Å²) in [7, 11) is 1.37. The van der Waals surface area contributed by atoms with Crippen LogP contribution in [0.15, 0.2) is 65.3 Å². The molecule has 17 heteroatoms. The molecule has 0 saturated carbocycles. The van der Waals surface area contributed by atoms with E-state index in [-0.39, 0.29) is 39.8 Å². The summed E-state index contributed by atoms with van der Waals surface area (Å²) >= 11 is 11.5. The lowest BCUT2D eigenvalue weighted by atomic mass is 9.87. The van der Waals surface area contributed by atoms with Crippen molar-refractivity contribution in [1.82, 2.24) is 4.98 Å². The van der Waals surface area contributed by atoms with Gasteiger partial charge in [-0.1, -0.05) is 23.7 Å². The maximum atomic E-state index is 14.8. The van der Waals surface area contributed by atoms with Crippen LogP contribution in [-0.2, 0) is 5.67 Å². The molecule has 2 amide bonds. The first kappa shape index (κ1) is 32.7. The molecule has 0 aliphatic carbocycles. The summed E-state index contributed by atoms with van der Waals surface area (Å²) in [6, 6.07) is 8.92. The molecule has 3 aromatic rings. The van der Waals surface area contributed by atoms with Crippen LogP contribution in [0, 0.1) is 0 Å². The van der Waals surface area contributed by atoms with Gasteiger partial charge in [0.05, 0.1) is 27.4 Å². The molecule has 0 aliphatic heterocycles. The van der Waals surface area contributed by atoms with E-state index >= 15 is 0 Å². The molecule has 1 atom stereocenters. The average molecular weight is 742 g/mol. The van der Waals surface area contributed by atoms with Crippen LogP contribution in [0.1, 0.15) is 26.3 Å². The smallest absolute Gasteiger partial charge is 0.311 e. The Hall–Kier alpha value is -2.85. The minimum atomic E-state index is -6.89. The largest absolute Gasteiger partial charge is 0.457 e. The highest BCUT2D eigenvalue weighted by Crippen LogP contribution is 2.58. The Balaban J connectivity index is 1.96. The van der Waals surface area contributed by atoms with E-state index in [9.17, 15) is 49.1 Å². The fraction of sp³-hybridized carbons (Fsp3) is 0.208. The van der Waals surface area contributed by atoms with Crippen molar-refractivity contribution in [1.29, 1.82) is 0 Å². The Morgan fingerprint density at radius 3 is 2.02 bits per heavy atom. The summed E-state index contributed by atoms with van der Waals surface area (Å²) in [6.07, 6.45) is -12.2. The van der Waals surface area contributed by atoms with Gasteiger partial charge in [0.2, 0.25) is 0 Å². The van der Waals surface area contributed by atoms with Gasteiger partial charge < -0.3 is 4.90 Å². The molecule has 1 aromatic heterocycles. The Kier molecular flexibility index (Phi) is 9.11. The number of anilines is 2. The molecule has 0 fully saturated rings. The van der Waals surface area contributed by atoms with E-state index in [2.05, 4.69) is 37.1 Å². The highest BCUT2D eigenvalue weighted by Gasteiger charge is 2.81. The van der Waals surface area contributed by atoms with E-state index in [4.69, 9.17) is 11.6 Å². The van der Waals surface area contributed by atoms with Gasteiger partial charge in [-0.05, 0) is 58.4 Å². The average Bonchev–Trinajstić information content (AvgIpc) is 2.89. The molecule has 41 heavy (non-hydrogen) atoms. The van der Waals surface area contributed by atoms with Gasteiger partial charge >= 0.3 is 23.9 Å². The zero-order chi connectivity index (χ0) is 31.1. The highest BCUT2D eigenvalue weighted by atomic mass is 79.9. The molecule has 1 heterocycles. The van der Waals surface area contributed by atoms with Crippen LogP contribution in [0.4, 0.5) is 50.9 Å². The number of carbonyl (C=O) groups excluding carboxylic acids is 2. The fourth-order valence-electron chi connectivity index (χ4n) is 3.51. The van der Waals surface area contributed by atoms with Crippen molar-refractivity contribution >= 4 is 66.9 Å². The number of halogens is 12. The first-order chi connectivity index (χ1) is 18.8. The Bertz CT molecular complexity index is 1490. The van der Waals surface area contributed by atoms with Crippen molar-refractivity contribution < 1.29 is 49.1 Å². The zero-order valence-corrected chi connectivity index (χ0v) is 23.9. The molecule has 220 valence electrons. The molecule has 3 rings (SSSR count). The third-order valence-corrected chi connectivity index (χ3v) is 7.33. The van der Waals surface area contributed by atoms with Gasteiger partial charge in [-0.3, -0.25) is 9.59 Å². The molecule has 0 saturated heterocycles. The summed E-state index contributed by atoms with van der Waals surface area (Å²) in [5.41, 5.74) is -8.45. The van der Waals surface area contributed by atoms with Gasteiger partial charge in [0.1, 0.15) is 5.15 Å². The fourth-order valence-corrected chi connectivity index (χ4v) is 5.02. The van der Waals surface area contributed by atoms with Crippen LogP contribution < -0.4 is 8.83 Å². The molecule has 0 aliphatic rings. The topological polar surface area (TPSA) is 53.5 Å². The van der Waals surface area contributed by atoms with Gasteiger partial charge in [0, 0.05) is 34.5 Å². The summed E-state index contributed by atoms with van der Waals surface area (Å²) in [4.78, 5) is 30.9.